The van der Waals surface area contributed by atoms with E-state index in [2.05, 4.69) is 10.4 Å². The number of halogens is 2. The van der Waals surface area contributed by atoms with Gasteiger partial charge >= 0.3 is 0 Å². The lowest BCUT2D eigenvalue weighted by molar-refractivity contribution is -0.115. The third-order valence-electron chi connectivity index (χ3n) is 4.00. The van der Waals surface area contributed by atoms with Crippen molar-refractivity contribution in [3.63, 3.8) is 0 Å². The predicted molar refractivity (Wildman–Crippen MR) is 110 cm³/mol. The van der Waals surface area contributed by atoms with Gasteiger partial charge in [0.2, 0.25) is 5.91 Å². The molecule has 1 amide bonds. The molecular formula is C19H17Cl2N3O3S. The van der Waals surface area contributed by atoms with Gasteiger partial charge in [-0.1, -0.05) is 35.3 Å². The van der Waals surface area contributed by atoms with E-state index in [-0.39, 0.29) is 17.1 Å². The summed E-state index contributed by atoms with van der Waals surface area (Å²) >= 11 is 11.7. The van der Waals surface area contributed by atoms with Crippen LogP contribution >= 0.6 is 23.2 Å². The van der Waals surface area contributed by atoms with E-state index in [1.807, 2.05) is 12.1 Å². The minimum atomic E-state index is -3.57. The van der Waals surface area contributed by atoms with E-state index in [0.717, 1.165) is 5.56 Å². The van der Waals surface area contributed by atoms with Gasteiger partial charge in [0.1, 0.15) is 5.82 Å². The highest BCUT2D eigenvalue weighted by Gasteiger charge is 2.17. The number of carbonyl (C=O) groups is 1. The number of sulfone groups is 1. The molecule has 28 heavy (non-hydrogen) atoms. The first-order chi connectivity index (χ1) is 13.3. The van der Waals surface area contributed by atoms with Crippen LogP contribution in [0, 0.1) is 0 Å². The van der Waals surface area contributed by atoms with Crippen LogP contribution in [0.4, 0.5) is 5.82 Å². The van der Waals surface area contributed by atoms with Gasteiger partial charge in [-0.15, -0.1) is 0 Å². The van der Waals surface area contributed by atoms with E-state index in [1.54, 1.807) is 29.1 Å². The van der Waals surface area contributed by atoms with E-state index >= 15 is 0 Å². The van der Waals surface area contributed by atoms with E-state index in [4.69, 9.17) is 23.2 Å². The van der Waals surface area contributed by atoms with E-state index in [0.29, 0.717) is 22.4 Å². The quantitative estimate of drug-likeness (QED) is 0.604. The summed E-state index contributed by atoms with van der Waals surface area (Å²) in [7, 11) is -3.57. The van der Waals surface area contributed by atoms with Crippen molar-refractivity contribution in [3.8, 4) is 0 Å². The van der Waals surface area contributed by atoms with Crippen LogP contribution in [0.2, 0.25) is 10.0 Å². The summed E-state index contributed by atoms with van der Waals surface area (Å²) in [6, 6.07) is 14.8. The van der Waals surface area contributed by atoms with Crippen molar-refractivity contribution in [3.05, 3.63) is 76.4 Å². The molecule has 2 aromatic carbocycles. The fraction of sp³-hybridized carbons (Fsp3) is 0.158. The Morgan fingerprint density at radius 2 is 1.57 bits per heavy atom. The van der Waals surface area contributed by atoms with Crippen molar-refractivity contribution in [1.29, 1.82) is 0 Å². The molecule has 0 spiro atoms. The summed E-state index contributed by atoms with van der Waals surface area (Å²) in [5.74, 6) is -0.217. The topological polar surface area (TPSA) is 81.1 Å². The molecule has 1 aromatic heterocycles. The average molecular weight is 438 g/mol. The smallest absolute Gasteiger partial charge is 0.226 e. The third kappa shape index (κ3) is 5.34. The Hall–Kier alpha value is -2.35. The standard InChI is InChI=1S/C19H17Cl2N3O3S/c20-15-3-1-14(2-4-15)13-24-18(9-11-22-24)23-19(25)10-12-28(26,27)17-7-5-16(21)6-8-17/h1-9,11H,10,12-13H2,(H,23,25). The number of benzene rings is 2. The van der Waals surface area contributed by atoms with Crippen LogP contribution in [0.3, 0.4) is 0 Å². The molecule has 0 radical (unpaired) electrons. The summed E-state index contributed by atoms with van der Waals surface area (Å²) in [5.41, 5.74) is 0.967. The zero-order chi connectivity index (χ0) is 20.1. The van der Waals surface area contributed by atoms with E-state index < -0.39 is 15.7 Å². The monoisotopic (exact) mass is 437 g/mol. The molecule has 0 saturated heterocycles. The fourth-order valence-electron chi connectivity index (χ4n) is 2.52. The number of hydrogen-bond donors (Lipinski definition) is 1. The average Bonchev–Trinajstić information content (AvgIpc) is 3.09. The molecule has 9 heteroatoms. The number of carbonyl (C=O) groups excluding carboxylic acids is 1. The van der Waals surface area contributed by atoms with Crippen molar-refractivity contribution in [2.24, 2.45) is 0 Å². The molecule has 1 N–H and O–H groups in total. The van der Waals surface area contributed by atoms with Crippen molar-refractivity contribution in [1.82, 2.24) is 9.78 Å². The predicted octanol–water partition coefficient (Wildman–Crippen LogP) is 4.04. The normalized spacial score (nSPS) is 11.4. The Balaban J connectivity index is 1.60. The van der Waals surface area contributed by atoms with Gasteiger partial charge in [0.25, 0.3) is 0 Å². The second-order valence-electron chi connectivity index (χ2n) is 6.07. The Labute approximate surface area is 173 Å². The number of aromatic nitrogens is 2. The van der Waals surface area contributed by atoms with Crippen LogP contribution in [0.15, 0.2) is 65.7 Å². The van der Waals surface area contributed by atoms with Crippen molar-refractivity contribution < 1.29 is 13.2 Å². The SMILES string of the molecule is O=C(CCS(=O)(=O)c1ccc(Cl)cc1)Nc1ccnn1Cc1ccc(Cl)cc1. The summed E-state index contributed by atoms with van der Waals surface area (Å²) < 4.78 is 26.3. The first kappa shape index (κ1) is 20.4. The summed E-state index contributed by atoms with van der Waals surface area (Å²) in [4.78, 5) is 12.4. The molecule has 0 saturated carbocycles. The molecular weight excluding hydrogens is 421 g/mol. The molecule has 0 aliphatic rings. The molecule has 0 fully saturated rings. The van der Waals surface area contributed by atoms with Crippen LogP contribution < -0.4 is 5.32 Å². The maximum absolute atomic E-state index is 12.3. The highest BCUT2D eigenvalue weighted by atomic mass is 35.5. The highest BCUT2D eigenvalue weighted by molar-refractivity contribution is 7.91. The Morgan fingerprint density at radius 1 is 0.964 bits per heavy atom. The van der Waals surface area contributed by atoms with Crippen molar-refractivity contribution in [2.45, 2.75) is 17.9 Å². The van der Waals surface area contributed by atoms with Gasteiger partial charge < -0.3 is 5.32 Å². The Morgan fingerprint density at radius 3 is 2.21 bits per heavy atom. The fourth-order valence-corrected chi connectivity index (χ4v) is 4.01. The number of nitrogens with zero attached hydrogens (tertiary/aromatic N) is 2. The second-order valence-corrected chi connectivity index (χ2v) is 9.05. The number of nitrogens with one attached hydrogen (secondary N) is 1. The van der Waals surface area contributed by atoms with Gasteiger partial charge in [-0.05, 0) is 42.0 Å². The van der Waals surface area contributed by atoms with Gasteiger partial charge in [0.15, 0.2) is 9.84 Å². The first-order valence-electron chi connectivity index (χ1n) is 8.38. The molecule has 0 aliphatic carbocycles. The van der Waals surface area contributed by atoms with Gasteiger partial charge in [0.05, 0.1) is 23.4 Å². The van der Waals surface area contributed by atoms with Crippen LogP contribution in [0.1, 0.15) is 12.0 Å². The van der Waals surface area contributed by atoms with Crippen LogP contribution in [0.5, 0.6) is 0 Å². The summed E-state index contributed by atoms with van der Waals surface area (Å²) in [6.45, 7) is 0.447. The van der Waals surface area contributed by atoms with Crippen molar-refractivity contribution >= 4 is 44.8 Å². The largest absolute Gasteiger partial charge is 0.311 e. The molecule has 0 atom stereocenters. The van der Waals surface area contributed by atoms with Gasteiger partial charge in [0, 0.05) is 22.5 Å². The summed E-state index contributed by atoms with van der Waals surface area (Å²) in [6.07, 6.45) is 1.40. The Kier molecular flexibility index (Phi) is 6.39. The number of amides is 1. The molecule has 0 unspecified atom stereocenters. The summed E-state index contributed by atoms with van der Waals surface area (Å²) in [5, 5.41) is 7.98. The third-order valence-corrected chi connectivity index (χ3v) is 6.24. The number of rotatable bonds is 7. The molecule has 6 nitrogen and oxygen atoms in total. The lowest BCUT2D eigenvalue weighted by Crippen LogP contribution is -2.19. The maximum atomic E-state index is 12.3. The van der Waals surface area contributed by atoms with E-state index in [9.17, 15) is 13.2 Å². The maximum Gasteiger partial charge on any atom is 0.226 e. The van der Waals surface area contributed by atoms with Crippen molar-refractivity contribution in [2.75, 3.05) is 11.1 Å². The molecule has 0 aliphatic heterocycles. The molecule has 3 aromatic rings. The first-order valence-corrected chi connectivity index (χ1v) is 10.8. The minimum Gasteiger partial charge on any atom is -0.311 e. The van der Waals surface area contributed by atoms with Crippen LogP contribution in [0.25, 0.3) is 0 Å². The van der Waals surface area contributed by atoms with E-state index in [1.165, 1.54) is 24.3 Å². The lowest BCUT2D eigenvalue weighted by Gasteiger charge is -2.10. The molecule has 3 rings (SSSR count). The highest BCUT2D eigenvalue weighted by Crippen LogP contribution is 2.17. The van der Waals surface area contributed by atoms with Gasteiger partial charge in [-0.2, -0.15) is 5.10 Å². The van der Waals surface area contributed by atoms with Gasteiger partial charge in [-0.25, -0.2) is 13.1 Å². The number of hydrogen-bond acceptors (Lipinski definition) is 4. The van der Waals surface area contributed by atoms with Gasteiger partial charge in [-0.3, -0.25) is 4.79 Å². The number of anilines is 1. The Bertz CT molecular complexity index is 1060. The zero-order valence-electron chi connectivity index (χ0n) is 14.7. The molecule has 0 bridgehead atoms. The van der Waals surface area contributed by atoms with Crippen LogP contribution in [-0.2, 0) is 21.2 Å². The molecule has 146 valence electrons. The molecule has 1 heterocycles. The minimum absolute atomic E-state index is 0.137. The lowest BCUT2D eigenvalue weighted by atomic mass is 10.2. The second kappa shape index (κ2) is 8.77. The zero-order valence-corrected chi connectivity index (χ0v) is 17.0. The van der Waals surface area contributed by atoms with Crippen LogP contribution in [-0.4, -0.2) is 29.9 Å².